The molecule has 0 atom stereocenters. The normalized spacial score (nSPS) is 18.5. The van der Waals surface area contributed by atoms with E-state index in [2.05, 4.69) is 10.5 Å². The van der Waals surface area contributed by atoms with Crippen molar-refractivity contribution in [2.75, 3.05) is 0 Å². The first-order valence-electron chi connectivity index (χ1n) is 8.02. The number of amides is 1. The first-order chi connectivity index (χ1) is 13.0. The van der Waals surface area contributed by atoms with Crippen LogP contribution in [0.5, 0.6) is 0 Å². The number of ketones is 2. The van der Waals surface area contributed by atoms with Crippen LogP contribution in [0.1, 0.15) is 22.3 Å². The summed E-state index contributed by atoms with van der Waals surface area (Å²) in [5.74, 6) is -0.565. The summed E-state index contributed by atoms with van der Waals surface area (Å²) in [6.45, 7) is 0. The molecule has 1 aromatic rings. The van der Waals surface area contributed by atoms with E-state index in [1.807, 2.05) is 0 Å². The molecule has 2 N–H and O–H groups in total. The van der Waals surface area contributed by atoms with Crippen LogP contribution in [0.15, 0.2) is 75.9 Å². The van der Waals surface area contributed by atoms with Gasteiger partial charge in [-0.25, -0.2) is 0 Å². The van der Waals surface area contributed by atoms with Crippen molar-refractivity contribution >= 4 is 29.3 Å². The topological polar surface area (TPSA) is 113 Å². The van der Waals surface area contributed by atoms with Crippen LogP contribution < -0.4 is 10.7 Å². The van der Waals surface area contributed by atoms with E-state index in [-0.39, 0.29) is 35.0 Å². The van der Waals surface area contributed by atoms with Crippen molar-refractivity contribution < 1.29 is 19.6 Å². The number of hydrogen-bond acceptors (Lipinski definition) is 6. The first-order valence-corrected chi connectivity index (χ1v) is 8.02. The van der Waals surface area contributed by atoms with Crippen molar-refractivity contribution in [3.05, 3.63) is 87.3 Å². The average Bonchev–Trinajstić information content (AvgIpc) is 2.79. The fourth-order valence-corrected chi connectivity index (χ4v) is 2.66. The molecule has 3 aliphatic rings. The molecule has 0 unspecified atom stereocenters. The Bertz CT molecular complexity index is 1060. The Morgan fingerprint density at radius 2 is 1.59 bits per heavy atom. The van der Waals surface area contributed by atoms with Crippen LogP contribution in [0.3, 0.4) is 0 Å². The second-order valence-corrected chi connectivity index (χ2v) is 5.76. The smallest absolute Gasteiger partial charge is 0.228 e. The zero-order valence-electron chi connectivity index (χ0n) is 14.0. The highest BCUT2D eigenvalue weighted by molar-refractivity contribution is 6.51. The van der Waals surface area contributed by atoms with E-state index in [4.69, 9.17) is 5.21 Å². The summed E-state index contributed by atoms with van der Waals surface area (Å²) in [4.78, 5) is 44.5. The number of hydrogen-bond donors (Lipinski definition) is 2. The van der Waals surface area contributed by atoms with Crippen molar-refractivity contribution in [1.82, 2.24) is 5.32 Å². The second-order valence-electron chi connectivity index (χ2n) is 5.76. The average molecular weight is 362 g/mol. The van der Waals surface area contributed by atoms with Crippen LogP contribution in [-0.2, 0) is 9.59 Å². The van der Waals surface area contributed by atoms with Crippen molar-refractivity contribution in [2.45, 2.75) is 6.42 Å². The lowest BCUT2D eigenvalue weighted by molar-refractivity contribution is -0.119. The molecule has 1 aliphatic heterocycles. The number of nitrogens with one attached hydrogen (secondary N) is 1. The third-order valence-electron chi connectivity index (χ3n) is 3.97. The molecular weight excluding hydrogens is 348 g/mol. The Labute approximate surface area is 153 Å². The molecule has 134 valence electrons. The van der Waals surface area contributed by atoms with Gasteiger partial charge in [0, 0.05) is 17.6 Å². The van der Waals surface area contributed by atoms with E-state index in [0.29, 0.717) is 16.8 Å². The maximum Gasteiger partial charge on any atom is 0.228 e. The molecule has 1 heterocycles. The van der Waals surface area contributed by atoms with Crippen LogP contribution in [0, 0.1) is 0 Å². The molecule has 0 saturated carbocycles. The van der Waals surface area contributed by atoms with E-state index >= 15 is 0 Å². The molecule has 0 aromatic heterocycles. The lowest BCUT2D eigenvalue weighted by Crippen LogP contribution is -2.26. The highest BCUT2D eigenvalue weighted by atomic mass is 16.4. The monoisotopic (exact) mass is 362 g/mol. The number of fused-ring (bicyclic) bond motifs is 1. The van der Waals surface area contributed by atoms with Gasteiger partial charge in [-0.2, -0.15) is 0 Å². The van der Waals surface area contributed by atoms with Crippen molar-refractivity contribution in [1.29, 1.82) is 0 Å². The number of allylic oxidation sites excluding steroid dienone is 5. The van der Waals surface area contributed by atoms with E-state index in [1.165, 1.54) is 30.4 Å². The third-order valence-corrected chi connectivity index (χ3v) is 3.97. The fraction of sp³-hybridized carbons (Fsp3) is 0.0500. The second kappa shape index (κ2) is 7.57. The minimum Gasteiger partial charge on any atom is -0.410 e. The largest absolute Gasteiger partial charge is 0.410 e. The van der Waals surface area contributed by atoms with Gasteiger partial charge in [-0.3, -0.25) is 19.2 Å². The highest BCUT2D eigenvalue weighted by Gasteiger charge is 2.23. The molecule has 7 nitrogen and oxygen atoms in total. The molecule has 0 radical (unpaired) electrons. The fourth-order valence-electron chi connectivity index (χ4n) is 2.66. The number of nitrogens with zero attached hydrogens (tertiary/aromatic N) is 1. The van der Waals surface area contributed by atoms with Gasteiger partial charge in [0.2, 0.25) is 11.7 Å². The highest BCUT2D eigenvalue weighted by Crippen LogP contribution is 2.17. The maximum absolute atomic E-state index is 11.3. The quantitative estimate of drug-likeness (QED) is 0.413. The van der Waals surface area contributed by atoms with E-state index in [9.17, 15) is 19.2 Å². The SMILES string of the molecule is O=C1C=Cc2ccc(=O)ccc21.O=C1CC=CC2=C(C=CC(=O)/C2=N\O)N1. The number of oxime groups is 1. The standard InChI is InChI=1S/C10H8N2O3.C10H6O2/c13-8-5-4-7-6(10(8)12-15)2-1-3-9(14)11-7;11-8-3-1-7-2-6-10(12)9(7)5-4-8/h1-2,4-5,15H,3H2,(H,11,14);1-6H/b12-10-;. The lowest BCUT2D eigenvalue weighted by Gasteiger charge is -2.12. The minimum absolute atomic E-state index is 0.0272. The lowest BCUT2D eigenvalue weighted by atomic mass is 9.99. The van der Waals surface area contributed by atoms with Gasteiger partial charge >= 0.3 is 0 Å². The summed E-state index contributed by atoms with van der Waals surface area (Å²) in [6.07, 6.45) is 9.45. The molecule has 0 saturated heterocycles. The van der Waals surface area contributed by atoms with Crippen LogP contribution >= 0.6 is 0 Å². The van der Waals surface area contributed by atoms with Gasteiger partial charge < -0.3 is 10.5 Å². The third kappa shape index (κ3) is 3.87. The predicted octanol–water partition coefficient (Wildman–Crippen LogP) is 1.54. The number of carbonyl (C=O) groups is 3. The van der Waals surface area contributed by atoms with Crippen molar-refractivity contribution in [3.63, 3.8) is 0 Å². The minimum atomic E-state index is -0.378. The molecule has 2 aliphatic carbocycles. The molecule has 1 amide bonds. The van der Waals surface area contributed by atoms with Crippen LogP contribution in [0.4, 0.5) is 0 Å². The Balaban J connectivity index is 0.000000159. The number of carbonyl (C=O) groups excluding carboxylic acids is 3. The van der Waals surface area contributed by atoms with Crippen LogP contribution in [0.2, 0.25) is 0 Å². The Kier molecular flexibility index (Phi) is 5.03. The predicted molar refractivity (Wildman–Crippen MR) is 98.4 cm³/mol. The van der Waals surface area contributed by atoms with Gasteiger partial charge in [0.05, 0.1) is 5.70 Å². The summed E-state index contributed by atoms with van der Waals surface area (Å²) in [6, 6.07) is 6.10. The molecule has 1 aromatic carbocycles. The summed E-state index contributed by atoms with van der Waals surface area (Å²) < 4.78 is 0. The van der Waals surface area contributed by atoms with Gasteiger partial charge in [0.25, 0.3) is 0 Å². The van der Waals surface area contributed by atoms with E-state index in [0.717, 1.165) is 5.56 Å². The molecule has 0 bridgehead atoms. The van der Waals surface area contributed by atoms with Gasteiger partial charge in [0.1, 0.15) is 0 Å². The molecule has 0 spiro atoms. The molecule has 27 heavy (non-hydrogen) atoms. The molecule has 0 fully saturated rings. The summed E-state index contributed by atoms with van der Waals surface area (Å²) >= 11 is 0. The number of rotatable bonds is 0. The van der Waals surface area contributed by atoms with Crippen LogP contribution in [0.25, 0.3) is 6.08 Å². The Hall–Kier alpha value is -3.87. The van der Waals surface area contributed by atoms with Gasteiger partial charge in [-0.15, -0.1) is 0 Å². The van der Waals surface area contributed by atoms with Gasteiger partial charge in [-0.05, 0) is 42.0 Å². The molecule has 7 heteroatoms. The summed E-state index contributed by atoms with van der Waals surface area (Å²) in [5, 5.41) is 14.3. The summed E-state index contributed by atoms with van der Waals surface area (Å²) in [7, 11) is 0. The van der Waals surface area contributed by atoms with E-state index < -0.39 is 0 Å². The molecule has 4 rings (SSSR count). The van der Waals surface area contributed by atoms with Crippen LogP contribution in [-0.4, -0.2) is 28.4 Å². The first kappa shape index (κ1) is 17.9. The van der Waals surface area contributed by atoms with Gasteiger partial charge in [0.15, 0.2) is 16.9 Å². The van der Waals surface area contributed by atoms with Gasteiger partial charge in [-0.1, -0.05) is 29.5 Å². The molecular formula is C20H14N2O5. The van der Waals surface area contributed by atoms with E-state index in [1.54, 1.807) is 30.4 Å². The Morgan fingerprint density at radius 1 is 0.852 bits per heavy atom. The van der Waals surface area contributed by atoms with Crippen molar-refractivity contribution in [2.24, 2.45) is 5.16 Å². The Morgan fingerprint density at radius 3 is 2.37 bits per heavy atom. The van der Waals surface area contributed by atoms with Crippen molar-refractivity contribution in [3.8, 4) is 0 Å². The zero-order valence-corrected chi connectivity index (χ0v) is 14.0. The summed E-state index contributed by atoms with van der Waals surface area (Å²) in [5.41, 5.74) is 2.23. The maximum atomic E-state index is 11.3. The zero-order chi connectivity index (χ0) is 19.4.